The third-order valence-corrected chi connectivity index (χ3v) is 4.41. The molecule has 1 aliphatic heterocycles. The molecule has 3 rings (SSSR count). The maximum absolute atomic E-state index is 13.1. The van der Waals surface area contributed by atoms with E-state index in [4.69, 9.17) is 4.42 Å². The zero-order valence-electron chi connectivity index (χ0n) is 12.7. The molecule has 6 nitrogen and oxygen atoms in total. The summed E-state index contributed by atoms with van der Waals surface area (Å²) in [5, 5.41) is 2.73. The maximum atomic E-state index is 13.1. The second-order valence-corrected chi connectivity index (χ2v) is 6.17. The van der Waals surface area contributed by atoms with Gasteiger partial charge in [-0.2, -0.15) is 0 Å². The first-order valence-corrected chi connectivity index (χ1v) is 8.17. The predicted molar refractivity (Wildman–Crippen MR) is 89.3 cm³/mol. The van der Waals surface area contributed by atoms with Gasteiger partial charge < -0.3 is 19.5 Å². The Labute approximate surface area is 146 Å². The standard InChI is InChI=1S/C16H15BrFN3O3/c17-12-10-11(18)3-4-13(12)19-16(23)21-7-5-20(6-8-21)15(22)14-2-1-9-24-14/h1-4,9-10H,5-8H2,(H,19,23). The first kappa shape index (κ1) is 16.5. The average molecular weight is 396 g/mol. The number of hydrogen-bond acceptors (Lipinski definition) is 3. The van der Waals surface area contributed by atoms with Gasteiger partial charge in [-0.3, -0.25) is 4.79 Å². The number of benzene rings is 1. The van der Waals surface area contributed by atoms with E-state index < -0.39 is 0 Å². The number of amides is 3. The summed E-state index contributed by atoms with van der Waals surface area (Å²) in [6, 6.07) is 7.06. The molecule has 1 aromatic heterocycles. The van der Waals surface area contributed by atoms with Gasteiger partial charge in [0.1, 0.15) is 5.82 Å². The molecule has 1 N–H and O–H groups in total. The molecule has 8 heteroatoms. The third kappa shape index (κ3) is 3.59. The van der Waals surface area contributed by atoms with Crippen molar-refractivity contribution in [1.82, 2.24) is 9.80 Å². The van der Waals surface area contributed by atoms with E-state index in [1.54, 1.807) is 21.9 Å². The van der Waals surface area contributed by atoms with Crippen LogP contribution in [-0.4, -0.2) is 47.9 Å². The van der Waals surface area contributed by atoms with Crippen molar-refractivity contribution in [2.75, 3.05) is 31.5 Å². The van der Waals surface area contributed by atoms with E-state index in [9.17, 15) is 14.0 Å². The Kier molecular flexibility index (Phi) is 4.84. The molecule has 3 amide bonds. The van der Waals surface area contributed by atoms with Gasteiger partial charge in [0.05, 0.1) is 12.0 Å². The summed E-state index contributed by atoms with van der Waals surface area (Å²) in [6.07, 6.45) is 1.46. The normalized spacial score (nSPS) is 14.6. The zero-order valence-corrected chi connectivity index (χ0v) is 14.3. The van der Waals surface area contributed by atoms with Crippen LogP contribution in [-0.2, 0) is 0 Å². The molecule has 0 radical (unpaired) electrons. The smallest absolute Gasteiger partial charge is 0.321 e. The Morgan fingerprint density at radius 3 is 2.46 bits per heavy atom. The molecule has 24 heavy (non-hydrogen) atoms. The largest absolute Gasteiger partial charge is 0.459 e. The van der Waals surface area contributed by atoms with Gasteiger partial charge in [-0.05, 0) is 46.3 Å². The van der Waals surface area contributed by atoms with Gasteiger partial charge in [-0.1, -0.05) is 0 Å². The zero-order chi connectivity index (χ0) is 17.1. The summed E-state index contributed by atoms with van der Waals surface area (Å²) in [4.78, 5) is 27.7. The molecule has 0 bridgehead atoms. The number of piperazine rings is 1. The van der Waals surface area contributed by atoms with Crippen LogP contribution in [0.5, 0.6) is 0 Å². The molecule has 1 saturated heterocycles. The quantitative estimate of drug-likeness (QED) is 0.848. The first-order valence-electron chi connectivity index (χ1n) is 7.38. The molecular weight excluding hydrogens is 381 g/mol. The highest BCUT2D eigenvalue weighted by molar-refractivity contribution is 9.10. The van der Waals surface area contributed by atoms with E-state index >= 15 is 0 Å². The number of anilines is 1. The lowest BCUT2D eigenvalue weighted by Crippen LogP contribution is -2.51. The van der Waals surface area contributed by atoms with Crippen LogP contribution in [0.15, 0.2) is 45.5 Å². The average Bonchev–Trinajstić information content (AvgIpc) is 3.11. The number of rotatable bonds is 2. The lowest BCUT2D eigenvalue weighted by atomic mass is 10.3. The molecule has 2 heterocycles. The number of urea groups is 1. The SMILES string of the molecule is O=C(Nc1ccc(F)cc1Br)N1CCN(C(=O)c2ccco2)CC1. The molecule has 1 aliphatic rings. The van der Waals surface area contributed by atoms with E-state index in [1.807, 2.05) is 0 Å². The number of nitrogens with one attached hydrogen (secondary N) is 1. The van der Waals surface area contributed by atoms with Crippen molar-refractivity contribution in [3.63, 3.8) is 0 Å². The highest BCUT2D eigenvalue weighted by atomic mass is 79.9. The van der Waals surface area contributed by atoms with Gasteiger partial charge >= 0.3 is 6.03 Å². The van der Waals surface area contributed by atoms with Crippen LogP contribution >= 0.6 is 15.9 Å². The summed E-state index contributed by atoms with van der Waals surface area (Å²) in [7, 11) is 0. The fraction of sp³-hybridized carbons (Fsp3) is 0.250. The highest BCUT2D eigenvalue weighted by Crippen LogP contribution is 2.23. The van der Waals surface area contributed by atoms with Crippen molar-refractivity contribution < 1.29 is 18.4 Å². The summed E-state index contributed by atoms with van der Waals surface area (Å²) >= 11 is 3.21. The molecule has 2 aromatic rings. The molecule has 0 spiro atoms. The Bertz CT molecular complexity index is 743. The third-order valence-electron chi connectivity index (χ3n) is 3.76. The summed E-state index contributed by atoms with van der Waals surface area (Å²) in [5.74, 6) is -0.269. The number of nitrogens with zero attached hydrogens (tertiary/aromatic N) is 2. The molecule has 0 aliphatic carbocycles. The van der Waals surface area contributed by atoms with Crippen LogP contribution < -0.4 is 5.32 Å². The van der Waals surface area contributed by atoms with Crippen LogP contribution in [0.1, 0.15) is 10.6 Å². The minimum atomic E-state index is -0.384. The number of halogens is 2. The van der Waals surface area contributed by atoms with Crippen molar-refractivity contribution in [3.05, 3.63) is 52.6 Å². The van der Waals surface area contributed by atoms with Crippen molar-refractivity contribution in [2.45, 2.75) is 0 Å². The summed E-state index contributed by atoms with van der Waals surface area (Å²) in [6.45, 7) is 1.68. The van der Waals surface area contributed by atoms with Gasteiger partial charge in [0.25, 0.3) is 5.91 Å². The van der Waals surface area contributed by atoms with Gasteiger partial charge in [0.2, 0.25) is 0 Å². The Morgan fingerprint density at radius 2 is 1.83 bits per heavy atom. The number of hydrogen-bond donors (Lipinski definition) is 1. The van der Waals surface area contributed by atoms with Gasteiger partial charge in [-0.15, -0.1) is 0 Å². The minimum absolute atomic E-state index is 0.179. The van der Waals surface area contributed by atoms with E-state index in [-0.39, 0.29) is 17.8 Å². The van der Waals surface area contributed by atoms with Crippen LogP contribution in [0.25, 0.3) is 0 Å². The molecule has 1 aromatic carbocycles. The minimum Gasteiger partial charge on any atom is -0.459 e. The Hall–Kier alpha value is -2.35. The summed E-state index contributed by atoms with van der Waals surface area (Å²) < 4.78 is 18.7. The predicted octanol–water partition coefficient (Wildman–Crippen LogP) is 3.17. The number of carbonyl (C=O) groups is 2. The number of carbonyl (C=O) groups excluding carboxylic acids is 2. The van der Waals surface area contributed by atoms with Crippen LogP contribution in [0.3, 0.4) is 0 Å². The van der Waals surface area contributed by atoms with Crippen molar-refractivity contribution in [1.29, 1.82) is 0 Å². The summed E-state index contributed by atoms with van der Waals surface area (Å²) in [5.41, 5.74) is 0.496. The van der Waals surface area contributed by atoms with E-state index in [0.717, 1.165) is 0 Å². The lowest BCUT2D eigenvalue weighted by molar-refractivity contribution is 0.0640. The van der Waals surface area contributed by atoms with E-state index in [2.05, 4.69) is 21.2 Å². The van der Waals surface area contributed by atoms with Crippen molar-refractivity contribution >= 4 is 33.6 Å². The van der Waals surface area contributed by atoms with E-state index in [1.165, 1.54) is 24.5 Å². The molecule has 1 fully saturated rings. The van der Waals surface area contributed by atoms with Crippen LogP contribution in [0, 0.1) is 5.82 Å². The van der Waals surface area contributed by atoms with Crippen LogP contribution in [0.2, 0.25) is 0 Å². The monoisotopic (exact) mass is 395 g/mol. The van der Waals surface area contributed by atoms with Gasteiger partial charge in [-0.25, -0.2) is 9.18 Å². The molecule has 0 unspecified atom stereocenters. The maximum Gasteiger partial charge on any atom is 0.321 e. The van der Waals surface area contributed by atoms with Crippen molar-refractivity contribution in [2.24, 2.45) is 0 Å². The van der Waals surface area contributed by atoms with Crippen LogP contribution in [0.4, 0.5) is 14.9 Å². The molecule has 0 saturated carbocycles. The Balaban J connectivity index is 1.56. The first-order chi connectivity index (χ1) is 11.5. The topological polar surface area (TPSA) is 65.8 Å². The fourth-order valence-corrected chi connectivity index (χ4v) is 2.90. The second kappa shape index (κ2) is 7.04. The highest BCUT2D eigenvalue weighted by Gasteiger charge is 2.26. The number of furan rings is 1. The second-order valence-electron chi connectivity index (χ2n) is 5.31. The molecular formula is C16H15BrFN3O3. The van der Waals surface area contributed by atoms with Gasteiger partial charge in [0, 0.05) is 30.7 Å². The van der Waals surface area contributed by atoms with Gasteiger partial charge in [0.15, 0.2) is 5.76 Å². The molecule has 0 atom stereocenters. The fourth-order valence-electron chi connectivity index (χ4n) is 2.45. The Morgan fingerprint density at radius 1 is 1.12 bits per heavy atom. The lowest BCUT2D eigenvalue weighted by Gasteiger charge is -2.34. The molecule has 126 valence electrons. The van der Waals surface area contributed by atoms with Crippen molar-refractivity contribution in [3.8, 4) is 0 Å². The van der Waals surface area contributed by atoms with E-state index in [0.29, 0.717) is 42.1 Å².